The maximum atomic E-state index is 10.6. The maximum Gasteiger partial charge on any atom is 0.138 e. The Balaban J connectivity index is 3.68. The van der Waals surface area contributed by atoms with Crippen LogP contribution in [0.1, 0.15) is 26.7 Å². The first-order valence-corrected chi connectivity index (χ1v) is 3.23. The van der Waals surface area contributed by atoms with Crippen LogP contribution in [-0.2, 0) is 4.79 Å². The van der Waals surface area contributed by atoms with Gasteiger partial charge in [0, 0.05) is 6.21 Å². The third-order valence-electron chi connectivity index (χ3n) is 1.32. The molecule has 1 N–H and O–H groups in total. The van der Waals surface area contributed by atoms with Gasteiger partial charge in [-0.05, 0) is 13.3 Å². The van der Waals surface area contributed by atoms with E-state index in [1.54, 1.807) is 0 Å². The fourth-order valence-electron chi connectivity index (χ4n) is 0.715. The third kappa shape index (κ3) is 3.01. The van der Waals surface area contributed by atoms with Crippen molar-refractivity contribution in [2.45, 2.75) is 26.7 Å². The SMILES string of the molecule is CCC[C@H](C=N)C(C)=O. The Morgan fingerprint density at radius 3 is 2.44 bits per heavy atom. The maximum absolute atomic E-state index is 10.6. The Morgan fingerprint density at radius 2 is 2.33 bits per heavy atom. The lowest BCUT2D eigenvalue weighted by Gasteiger charge is -2.02. The predicted octanol–water partition coefficient (Wildman–Crippen LogP) is 1.64. The largest absolute Gasteiger partial charge is 0.312 e. The lowest BCUT2D eigenvalue weighted by Crippen LogP contribution is -2.10. The minimum atomic E-state index is -0.130. The summed E-state index contributed by atoms with van der Waals surface area (Å²) in [6.45, 7) is 3.55. The van der Waals surface area contributed by atoms with Crippen LogP contribution in [0.25, 0.3) is 0 Å². The predicted molar refractivity (Wildman–Crippen MR) is 37.9 cm³/mol. The first-order valence-electron chi connectivity index (χ1n) is 3.23. The smallest absolute Gasteiger partial charge is 0.138 e. The van der Waals surface area contributed by atoms with Crippen molar-refractivity contribution < 1.29 is 4.79 Å². The Labute approximate surface area is 55.8 Å². The molecule has 0 amide bonds. The van der Waals surface area contributed by atoms with Gasteiger partial charge in [0.15, 0.2) is 0 Å². The van der Waals surface area contributed by atoms with Crippen molar-refractivity contribution in [1.82, 2.24) is 0 Å². The second kappa shape index (κ2) is 4.24. The topological polar surface area (TPSA) is 40.9 Å². The first kappa shape index (κ1) is 8.34. The highest BCUT2D eigenvalue weighted by Crippen LogP contribution is 2.03. The van der Waals surface area contributed by atoms with Gasteiger partial charge in [-0.2, -0.15) is 0 Å². The highest BCUT2D eigenvalue weighted by Gasteiger charge is 2.07. The molecule has 2 heteroatoms. The molecule has 0 rings (SSSR count). The summed E-state index contributed by atoms with van der Waals surface area (Å²) in [5, 5.41) is 6.85. The van der Waals surface area contributed by atoms with Gasteiger partial charge >= 0.3 is 0 Å². The molecule has 0 aliphatic heterocycles. The van der Waals surface area contributed by atoms with E-state index in [4.69, 9.17) is 5.41 Å². The molecule has 0 aliphatic carbocycles. The van der Waals surface area contributed by atoms with Crippen molar-refractivity contribution in [1.29, 1.82) is 5.41 Å². The lowest BCUT2D eigenvalue weighted by molar-refractivity contribution is -0.118. The number of ketones is 1. The average molecular weight is 127 g/mol. The molecule has 0 aromatic carbocycles. The van der Waals surface area contributed by atoms with E-state index in [-0.39, 0.29) is 11.7 Å². The molecular formula is C7H13NO. The first-order chi connectivity index (χ1) is 4.22. The quantitative estimate of drug-likeness (QED) is 0.573. The zero-order chi connectivity index (χ0) is 7.28. The van der Waals surface area contributed by atoms with Crippen LogP contribution in [0.4, 0.5) is 0 Å². The van der Waals surface area contributed by atoms with E-state index >= 15 is 0 Å². The van der Waals surface area contributed by atoms with E-state index in [2.05, 4.69) is 0 Å². The fraction of sp³-hybridized carbons (Fsp3) is 0.714. The van der Waals surface area contributed by atoms with Crippen LogP contribution in [0, 0.1) is 11.3 Å². The van der Waals surface area contributed by atoms with Gasteiger partial charge in [-0.15, -0.1) is 0 Å². The standard InChI is InChI=1S/C7H13NO/c1-3-4-7(5-8)6(2)9/h5,7-8H,3-4H2,1-2H3/t7-/m1/s1. The summed E-state index contributed by atoms with van der Waals surface area (Å²) < 4.78 is 0. The number of hydrogen-bond donors (Lipinski definition) is 1. The minimum Gasteiger partial charge on any atom is -0.312 e. The Morgan fingerprint density at radius 1 is 1.78 bits per heavy atom. The lowest BCUT2D eigenvalue weighted by atomic mass is 10.0. The molecule has 0 fully saturated rings. The minimum absolute atomic E-state index is 0.104. The molecule has 0 spiro atoms. The van der Waals surface area contributed by atoms with E-state index in [0.29, 0.717) is 0 Å². The van der Waals surface area contributed by atoms with Crippen molar-refractivity contribution >= 4 is 12.0 Å². The van der Waals surface area contributed by atoms with Crippen LogP contribution in [0.3, 0.4) is 0 Å². The molecule has 1 atom stereocenters. The normalized spacial score (nSPS) is 12.7. The number of carbonyl (C=O) groups excluding carboxylic acids is 1. The van der Waals surface area contributed by atoms with Gasteiger partial charge in [0.2, 0.25) is 0 Å². The molecule has 52 valence electrons. The molecule has 0 bridgehead atoms. The molecule has 0 saturated carbocycles. The van der Waals surface area contributed by atoms with Crippen LogP contribution < -0.4 is 0 Å². The second-order valence-electron chi connectivity index (χ2n) is 2.17. The number of carbonyl (C=O) groups is 1. The number of nitrogens with one attached hydrogen (secondary N) is 1. The van der Waals surface area contributed by atoms with Gasteiger partial charge in [0.05, 0.1) is 5.92 Å². The summed E-state index contributed by atoms with van der Waals surface area (Å²) in [7, 11) is 0. The summed E-state index contributed by atoms with van der Waals surface area (Å²) in [6, 6.07) is 0. The van der Waals surface area contributed by atoms with Crippen molar-refractivity contribution in [3.63, 3.8) is 0 Å². The van der Waals surface area contributed by atoms with Crippen molar-refractivity contribution in [3.8, 4) is 0 Å². The van der Waals surface area contributed by atoms with E-state index in [1.807, 2.05) is 6.92 Å². The molecule has 2 nitrogen and oxygen atoms in total. The van der Waals surface area contributed by atoms with E-state index in [0.717, 1.165) is 12.8 Å². The van der Waals surface area contributed by atoms with Crippen molar-refractivity contribution in [2.24, 2.45) is 5.92 Å². The number of Topliss-reactive ketones (excluding diaryl/α,β-unsaturated/α-hetero) is 1. The summed E-state index contributed by atoms with van der Waals surface area (Å²) in [4.78, 5) is 10.6. The highest BCUT2D eigenvalue weighted by atomic mass is 16.1. The highest BCUT2D eigenvalue weighted by molar-refractivity contribution is 5.92. The van der Waals surface area contributed by atoms with Crippen LogP contribution in [0.15, 0.2) is 0 Å². The van der Waals surface area contributed by atoms with Gasteiger partial charge in [0.25, 0.3) is 0 Å². The summed E-state index contributed by atoms with van der Waals surface area (Å²) >= 11 is 0. The molecule has 0 aromatic heterocycles. The van der Waals surface area contributed by atoms with E-state index in [1.165, 1.54) is 13.1 Å². The van der Waals surface area contributed by atoms with E-state index < -0.39 is 0 Å². The molecule has 0 aromatic rings. The average Bonchev–Trinajstić information content (AvgIpc) is 1.82. The Bertz CT molecular complexity index is 109. The van der Waals surface area contributed by atoms with Gasteiger partial charge in [-0.3, -0.25) is 4.79 Å². The van der Waals surface area contributed by atoms with Crippen molar-refractivity contribution in [3.05, 3.63) is 0 Å². The second-order valence-corrected chi connectivity index (χ2v) is 2.17. The molecule has 0 saturated heterocycles. The monoisotopic (exact) mass is 127 g/mol. The molecule has 0 heterocycles. The fourth-order valence-corrected chi connectivity index (χ4v) is 0.715. The number of rotatable bonds is 4. The number of hydrogen-bond acceptors (Lipinski definition) is 2. The van der Waals surface area contributed by atoms with Crippen LogP contribution in [0.2, 0.25) is 0 Å². The van der Waals surface area contributed by atoms with Gasteiger partial charge < -0.3 is 5.41 Å². The summed E-state index contributed by atoms with van der Waals surface area (Å²) in [6.07, 6.45) is 3.02. The molecule has 0 radical (unpaired) electrons. The van der Waals surface area contributed by atoms with Crippen LogP contribution >= 0.6 is 0 Å². The Kier molecular flexibility index (Phi) is 3.93. The molecule has 0 unspecified atom stereocenters. The summed E-state index contributed by atoms with van der Waals surface area (Å²) in [5.74, 6) is -0.0261. The Hall–Kier alpha value is -0.660. The summed E-state index contributed by atoms with van der Waals surface area (Å²) in [5.41, 5.74) is 0. The van der Waals surface area contributed by atoms with Crippen LogP contribution in [0.5, 0.6) is 0 Å². The molecular weight excluding hydrogens is 114 g/mol. The van der Waals surface area contributed by atoms with Gasteiger partial charge in [-0.25, -0.2) is 0 Å². The van der Waals surface area contributed by atoms with E-state index in [9.17, 15) is 4.79 Å². The molecule has 0 aliphatic rings. The van der Waals surface area contributed by atoms with Crippen LogP contribution in [-0.4, -0.2) is 12.0 Å². The van der Waals surface area contributed by atoms with Crippen molar-refractivity contribution in [2.75, 3.05) is 0 Å². The van der Waals surface area contributed by atoms with Gasteiger partial charge in [-0.1, -0.05) is 13.3 Å². The molecule has 9 heavy (non-hydrogen) atoms. The third-order valence-corrected chi connectivity index (χ3v) is 1.32. The van der Waals surface area contributed by atoms with Gasteiger partial charge in [0.1, 0.15) is 5.78 Å². The zero-order valence-corrected chi connectivity index (χ0v) is 5.98. The zero-order valence-electron chi connectivity index (χ0n) is 5.98.